The smallest absolute Gasteiger partial charge is 0.0569 e. The molecule has 2 aromatic rings. The molecule has 3 rings (SSSR count). The van der Waals surface area contributed by atoms with Gasteiger partial charge in [-0.15, -0.1) is 0 Å². The summed E-state index contributed by atoms with van der Waals surface area (Å²) < 4.78 is 5.41. The first-order chi connectivity index (χ1) is 8.86. The monoisotopic (exact) mass is 262 g/mol. The lowest BCUT2D eigenvalue weighted by molar-refractivity contribution is 0.0846. The van der Waals surface area contributed by atoms with E-state index in [9.17, 15) is 0 Å². The Morgan fingerprint density at radius 1 is 1.17 bits per heavy atom. The minimum Gasteiger partial charge on any atom is -0.381 e. The molecular weight excluding hydrogens is 248 g/mol. The Balaban J connectivity index is 1.98. The number of nitrogens with zero attached hydrogens (tertiary/aromatic N) is 1. The first-order valence-corrected chi connectivity index (χ1v) is 6.60. The van der Waals surface area contributed by atoms with Crippen molar-refractivity contribution in [3.8, 4) is 11.1 Å². The molecule has 0 bridgehead atoms. The summed E-state index contributed by atoms with van der Waals surface area (Å²) in [4.78, 5) is 0. The van der Waals surface area contributed by atoms with Crippen LogP contribution in [0.2, 0.25) is 5.02 Å². The number of aromatic amines is 1. The van der Waals surface area contributed by atoms with Crippen LogP contribution in [0, 0.1) is 0 Å². The largest absolute Gasteiger partial charge is 0.381 e. The zero-order valence-corrected chi connectivity index (χ0v) is 10.8. The molecule has 0 aliphatic carbocycles. The van der Waals surface area contributed by atoms with Crippen molar-refractivity contribution in [3.05, 3.63) is 41.2 Å². The molecule has 1 aliphatic heterocycles. The number of hydrogen-bond acceptors (Lipinski definition) is 2. The Kier molecular flexibility index (Phi) is 3.35. The zero-order valence-electron chi connectivity index (χ0n) is 10.0. The van der Waals surface area contributed by atoms with E-state index in [2.05, 4.69) is 10.2 Å². The van der Waals surface area contributed by atoms with Crippen LogP contribution >= 0.6 is 11.6 Å². The van der Waals surface area contributed by atoms with Gasteiger partial charge in [-0.1, -0.05) is 29.8 Å². The van der Waals surface area contributed by atoms with Gasteiger partial charge >= 0.3 is 0 Å². The summed E-state index contributed by atoms with van der Waals surface area (Å²) in [5.74, 6) is 0.493. The van der Waals surface area contributed by atoms with Gasteiger partial charge in [-0.05, 0) is 18.9 Å². The molecule has 0 radical (unpaired) electrons. The predicted octanol–water partition coefficient (Wildman–Crippen LogP) is 3.62. The fraction of sp³-hybridized carbons (Fsp3) is 0.357. The van der Waals surface area contributed by atoms with E-state index in [1.165, 1.54) is 5.69 Å². The average molecular weight is 263 g/mol. The Morgan fingerprint density at radius 3 is 2.72 bits per heavy atom. The number of rotatable bonds is 2. The Bertz CT molecular complexity index is 532. The summed E-state index contributed by atoms with van der Waals surface area (Å²) in [7, 11) is 0. The molecule has 2 heterocycles. The van der Waals surface area contributed by atoms with E-state index in [4.69, 9.17) is 16.3 Å². The van der Waals surface area contributed by atoms with Crippen LogP contribution in [0.5, 0.6) is 0 Å². The third-order valence-electron chi connectivity index (χ3n) is 3.46. The van der Waals surface area contributed by atoms with Crippen molar-refractivity contribution in [1.82, 2.24) is 10.2 Å². The van der Waals surface area contributed by atoms with Crippen molar-refractivity contribution >= 4 is 11.6 Å². The molecule has 1 aromatic carbocycles. The van der Waals surface area contributed by atoms with Gasteiger partial charge in [0, 0.05) is 41.0 Å². The second kappa shape index (κ2) is 5.12. The van der Waals surface area contributed by atoms with Crippen molar-refractivity contribution in [2.75, 3.05) is 13.2 Å². The summed E-state index contributed by atoms with van der Waals surface area (Å²) >= 11 is 6.26. The van der Waals surface area contributed by atoms with Crippen LogP contribution in [0.3, 0.4) is 0 Å². The van der Waals surface area contributed by atoms with E-state index in [-0.39, 0.29) is 0 Å². The molecule has 0 atom stereocenters. The topological polar surface area (TPSA) is 37.9 Å². The van der Waals surface area contributed by atoms with Gasteiger partial charge in [-0.25, -0.2) is 0 Å². The predicted molar refractivity (Wildman–Crippen MR) is 71.8 cm³/mol. The highest BCUT2D eigenvalue weighted by molar-refractivity contribution is 6.33. The Morgan fingerprint density at radius 2 is 1.94 bits per heavy atom. The second-order valence-corrected chi connectivity index (χ2v) is 4.97. The number of H-pyrrole nitrogens is 1. The number of hydrogen-bond donors (Lipinski definition) is 1. The van der Waals surface area contributed by atoms with Crippen LogP contribution in [0.4, 0.5) is 0 Å². The quantitative estimate of drug-likeness (QED) is 0.898. The Hall–Kier alpha value is -1.32. The van der Waals surface area contributed by atoms with Gasteiger partial charge in [0.05, 0.1) is 6.20 Å². The van der Waals surface area contributed by atoms with E-state index >= 15 is 0 Å². The lowest BCUT2D eigenvalue weighted by Gasteiger charge is -2.22. The number of halogens is 1. The molecule has 18 heavy (non-hydrogen) atoms. The van der Waals surface area contributed by atoms with E-state index in [0.29, 0.717) is 5.92 Å². The first-order valence-electron chi connectivity index (χ1n) is 6.22. The van der Waals surface area contributed by atoms with Crippen molar-refractivity contribution in [2.45, 2.75) is 18.8 Å². The van der Waals surface area contributed by atoms with Crippen molar-refractivity contribution < 1.29 is 4.74 Å². The van der Waals surface area contributed by atoms with Crippen LogP contribution in [0.25, 0.3) is 11.1 Å². The van der Waals surface area contributed by atoms with Gasteiger partial charge in [0.1, 0.15) is 0 Å². The lowest BCUT2D eigenvalue weighted by atomic mass is 9.91. The average Bonchev–Trinajstić information content (AvgIpc) is 2.89. The molecule has 1 N–H and O–H groups in total. The van der Waals surface area contributed by atoms with Crippen molar-refractivity contribution in [2.24, 2.45) is 0 Å². The van der Waals surface area contributed by atoms with Crippen LogP contribution < -0.4 is 0 Å². The molecule has 3 nitrogen and oxygen atoms in total. The fourth-order valence-corrected chi connectivity index (χ4v) is 2.73. The van der Waals surface area contributed by atoms with E-state index in [0.717, 1.165) is 42.2 Å². The standard InChI is InChI=1S/C14H15ClN2O/c15-13-4-2-1-3-11(13)12-9-16-17-14(12)10-5-7-18-8-6-10/h1-4,9-10H,5-8H2,(H,16,17). The second-order valence-electron chi connectivity index (χ2n) is 4.56. The van der Waals surface area contributed by atoms with Crippen molar-refractivity contribution in [1.29, 1.82) is 0 Å². The molecule has 1 aliphatic rings. The molecule has 1 saturated heterocycles. The third-order valence-corrected chi connectivity index (χ3v) is 3.79. The molecule has 94 valence electrons. The molecule has 0 amide bonds. The normalized spacial score (nSPS) is 16.9. The summed E-state index contributed by atoms with van der Waals surface area (Å²) in [6.07, 6.45) is 3.95. The van der Waals surface area contributed by atoms with Gasteiger partial charge < -0.3 is 4.74 Å². The van der Waals surface area contributed by atoms with Gasteiger partial charge in [0.2, 0.25) is 0 Å². The molecular formula is C14H15ClN2O. The highest BCUT2D eigenvalue weighted by Gasteiger charge is 2.21. The van der Waals surface area contributed by atoms with Crippen LogP contribution in [0.1, 0.15) is 24.5 Å². The Labute approximate surface area is 111 Å². The number of aromatic nitrogens is 2. The minimum absolute atomic E-state index is 0.493. The van der Waals surface area contributed by atoms with Crippen LogP contribution in [-0.4, -0.2) is 23.4 Å². The summed E-state index contributed by atoms with van der Waals surface area (Å²) in [6.45, 7) is 1.65. The SMILES string of the molecule is Clc1ccccc1-c1cn[nH]c1C1CCOCC1. The van der Waals surface area contributed by atoms with Gasteiger partial charge in [-0.2, -0.15) is 5.10 Å². The van der Waals surface area contributed by atoms with Gasteiger partial charge in [0.15, 0.2) is 0 Å². The van der Waals surface area contributed by atoms with E-state index < -0.39 is 0 Å². The minimum atomic E-state index is 0.493. The summed E-state index contributed by atoms with van der Waals surface area (Å²) in [5.41, 5.74) is 3.35. The third kappa shape index (κ3) is 2.16. The van der Waals surface area contributed by atoms with Gasteiger partial charge in [-0.3, -0.25) is 5.10 Å². The molecule has 0 saturated carbocycles. The maximum Gasteiger partial charge on any atom is 0.0569 e. The summed E-state index contributed by atoms with van der Waals surface area (Å²) in [5, 5.41) is 8.10. The molecule has 1 aromatic heterocycles. The van der Waals surface area contributed by atoms with E-state index in [1.54, 1.807) is 0 Å². The van der Waals surface area contributed by atoms with E-state index in [1.807, 2.05) is 30.5 Å². The maximum absolute atomic E-state index is 6.26. The fourth-order valence-electron chi connectivity index (χ4n) is 2.49. The number of benzene rings is 1. The van der Waals surface area contributed by atoms with Crippen LogP contribution in [0.15, 0.2) is 30.5 Å². The maximum atomic E-state index is 6.26. The first kappa shape index (κ1) is 11.8. The molecule has 0 spiro atoms. The van der Waals surface area contributed by atoms with Crippen molar-refractivity contribution in [3.63, 3.8) is 0 Å². The van der Waals surface area contributed by atoms with Crippen LogP contribution in [-0.2, 0) is 4.74 Å². The van der Waals surface area contributed by atoms with Gasteiger partial charge in [0.25, 0.3) is 0 Å². The number of nitrogens with one attached hydrogen (secondary N) is 1. The lowest BCUT2D eigenvalue weighted by Crippen LogP contribution is -2.15. The highest BCUT2D eigenvalue weighted by atomic mass is 35.5. The summed E-state index contributed by atoms with van der Waals surface area (Å²) in [6, 6.07) is 7.90. The highest BCUT2D eigenvalue weighted by Crippen LogP contribution is 2.35. The molecule has 0 unspecified atom stereocenters. The molecule has 4 heteroatoms. The molecule has 1 fully saturated rings. The number of ether oxygens (including phenoxy) is 1. The zero-order chi connectivity index (χ0) is 12.4.